The summed E-state index contributed by atoms with van der Waals surface area (Å²) in [7, 11) is -3.88. The Morgan fingerprint density at radius 1 is 1.00 bits per heavy atom. The van der Waals surface area contributed by atoms with Crippen LogP contribution in [0.5, 0.6) is 0 Å². The molecule has 0 fully saturated rings. The number of carbonyl (C=O) groups excluding carboxylic acids is 1. The van der Waals surface area contributed by atoms with Crippen molar-refractivity contribution >= 4 is 38.5 Å². The molecule has 186 valence electrons. The molecule has 3 aromatic heterocycles. The van der Waals surface area contributed by atoms with Crippen molar-refractivity contribution in [2.75, 3.05) is 10.0 Å². The van der Waals surface area contributed by atoms with Gasteiger partial charge in [-0.15, -0.1) is 0 Å². The molecule has 2 aromatic carbocycles. The van der Waals surface area contributed by atoms with E-state index < -0.39 is 10.0 Å². The minimum absolute atomic E-state index is 0.0120. The van der Waals surface area contributed by atoms with E-state index in [0.29, 0.717) is 27.8 Å². The summed E-state index contributed by atoms with van der Waals surface area (Å²) in [4.78, 5) is 25.9. The number of hydrogen-bond donors (Lipinski definition) is 2. The molecule has 0 atom stereocenters. The number of rotatable bonds is 7. The lowest BCUT2D eigenvalue weighted by atomic mass is 10.0. The molecule has 5 rings (SSSR count). The first-order valence-corrected chi connectivity index (χ1v) is 13.0. The molecule has 11 heteroatoms. The third-order valence-electron chi connectivity index (χ3n) is 5.85. The topological polar surface area (TPSA) is 132 Å². The van der Waals surface area contributed by atoms with Crippen LogP contribution in [0.1, 0.15) is 23.0 Å². The number of pyridine rings is 1. The zero-order chi connectivity index (χ0) is 26.0. The summed E-state index contributed by atoms with van der Waals surface area (Å²) >= 11 is 0. The van der Waals surface area contributed by atoms with Gasteiger partial charge in [0.15, 0.2) is 0 Å². The van der Waals surface area contributed by atoms with Crippen molar-refractivity contribution in [3.8, 4) is 11.3 Å². The van der Waals surface area contributed by atoms with Crippen LogP contribution in [0, 0.1) is 6.92 Å². The van der Waals surface area contributed by atoms with E-state index in [1.165, 1.54) is 36.7 Å². The van der Waals surface area contributed by atoms with Gasteiger partial charge >= 0.3 is 0 Å². The van der Waals surface area contributed by atoms with E-state index in [2.05, 4.69) is 25.1 Å². The van der Waals surface area contributed by atoms with Crippen molar-refractivity contribution < 1.29 is 13.2 Å². The molecule has 0 saturated carbocycles. The third kappa shape index (κ3) is 4.89. The summed E-state index contributed by atoms with van der Waals surface area (Å²) in [5, 5.41) is 7.97. The molecule has 0 saturated heterocycles. The van der Waals surface area contributed by atoms with Crippen LogP contribution < -0.4 is 10.0 Å². The Balaban J connectivity index is 1.43. The summed E-state index contributed by atoms with van der Waals surface area (Å²) in [5.41, 5.74) is 4.04. The molecule has 0 spiro atoms. The van der Waals surface area contributed by atoms with Gasteiger partial charge in [-0.25, -0.2) is 28.1 Å². The first kappa shape index (κ1) is 24.1. The van der Waals surface area contributed by atoms with E-state index in [9.17, 15) is 13.2 Å². The highest BCUT2D eigenvalue weighted by Crippen LogP contribution is 2.28. The normalized spacial score (nSPS) is 11.4. The first-order chi connectivity index (χ1) is 17.9. The van der Waals surface area contributed by atoms with E-state index in [-0.39, 0.29) is 16.8 Å². The number of amides is 1. The largest absolute Gasteiger partial charge is 0.322 e. The van der Waals surface area contributed by atoms with Gasteiger partial charge in [0.1, 0.15) is 0 Å². The fourth-order valence-electron chi connectivity index (χ4n) is 3.96. The van der Waals surface area contributed by atoms with Crippen LogP contribution >= 0.6 is 0 Å². The fraction of sp³-hybridized carbons (Fsp3) is 0.115. The molecule has 37 heavy (non-hydrogen) atoms. The van der Waals surface area contributed by atoms with E-state index in [4.69, 9.17) is 4.98 Å². The molecular weight excluding hydrogens is 490 g/mol. The van der Waals surface area contributed by atoms with Crippen molar-refractivity contribution in [2.45, 2.75) is 25.3 Å². The van der Waals surface area contributed by atoms with Gasteiger partial charge in [-0.1, -0.05) is 18.2 Å². The molecule has 2 N–H and O–H groups in total. The molecule has 0 unspecified atom stereocenters. The molecule has 0 aliphatic heterocycles. The second-order valence-electron chi connectivity index (χ2n) is 8.19. The number of aryl methyl sites for hydroxylation is 1. The van der Waals surface area contributed by atoms with Crippen LogP contribution in [0.25, 0.3) is 22.2 Å². The zero-order valence-corrected chi connectivity index (χ0v) is 20.9. The number of carbonyl (C=O) groups is 1. The minimum atomic E-state index is -3.88. The number of fused-ring (bicyclic) bond motifs is 1. The summed E-state index contributed by atoms with van der Waals surface area (Å²) in [6.45, 7) is 4.71. The Morgan fingerprint density at radius 3 is 2.43 bits per heavy atom. The SMILES string of the molecule is CCn1ncc(-c2cc(C(=O)Nc3ccc(S(=O)(=O)Nc4ncccn4)cc3)c3ccccc3n2)c1C. The second kappa shape index (κ2) is 9.78. The minimum Gasteiger partial charge on any atom is -0.322 e. The molecule has 0 radical (unpaired) electrons. The van der Waals surface area contributed by atoms with Gasteiger partial charge < -0.3 is 5.32 Å². The van der Waals surface area contributed by atoms with Crippen molar-refractivity contribution in [1.82, 2.24) is 24.7 Å². The molecule has 0 aliphatic rings. The second-order valence-corrected chi connectivity index (χ2v) is 9.87. The highest BCUT2D eigenvalue weighted by atomic mass is 32.2. The summed E-state index contributed by atoms with van der Waals surface area (Å²) in [6, 6.07) is 16.6. The first-order valence-electron chi connectivity index (χ1n) is 11.5. The van der Waals surface area contributed by atoms with E-state index in [0.717, 1.165) is 17.8 Å². The van der Waals surface area contributed by atoms with Crippen LogP contribution in [-0.4, -0.2) is 39.1 Å². The van der Waals surface area contributed by atoms with Gasteiger partial charge in [0.25, 0.3) is 15.9 Å². The number of para-hydroxylation sites is 1. The zero-order valence-electron chi connectivity index (χ0n) is 20.1. The van der Waals surface area contributed by atoms with E-state index in [1.807, 2.05) is 42.8 Å². The maximum Gasteiger partial charge on any atom is 0.264 e. The summed E-state index contributed by atoms with van der Waals surface area (Å²) in [5.74, 6) is -0.369. The van der Waals surface area contributed by atoms with Gasteiger partial charge in [0, 0.05) is 41.3 Å². The van der Waals surface area contributed by atoms with Gasteiger partial charge in [0.05, 0.1) is 27.9 Å². The van der Waals surface area contributed by atoms with Crippen LogP contribution in [0.3, 0.4) is 0 Å². The molecule has 0 bridgehead atoms. The highest BCUT2D eigenvalue weighted by Gasteiger charge is 2.18. The summed E-state index contributed by atoms with van der Waals surface area (Å²) in [6.07, 6.45) is 4.63. The van der Waals surface area contributed by atoms with Crippen molar-refractivity contribution in [3.63, 3.8) is 0 Å². The fourth-order valence-corrected chi connectivity index (χ4v) is 4.92. The summed E-state index contributed by atoms with van der Waals surface area (Å²) < 4.78 is 29.5. The number of sulfonamides is 1. The Bertz CT molecular complexity index is 1700. The Hall–Kier alpha value is -4.64. The average molecular weight is 514 g/mol. The predicted octanol–water partition coefficient (Wildman–Crippen LogP) is 4.27. The Labute approximate surface area is 213 Å². The van der Waals surface area contributed by atoms with Gasteiger partial charge in [-0.05, 0) is 56.3 Å². The highest BCUT2D eigenvalue weighted by molar-refractivity contribution is 7.92. The van der Waals surface area contributed by atoms with Crippen molar-refractivity contribution in [1.29, 1.82) is 0 Å². The standard InChI is InChI=1S/C26H23N7O3S/c1-3-33-17(2)22(16-29-33)24-15-21(20-7-4-5-8-23(20)31-24)25(34)30-18-9-11-19(12-10-18)37(35,36)32-26-27-13-6-14-28-26/h4-16H,3H2,1-2H3,(H,30,34)(H,27,28,32). The number of anilines is 2. The van der Waals surface area contributed by atoms with Gasteiger partial charge in [-0.2, -0.15) is 5.10 Å². The predicted molar refractivity (Wildman–Crippen MR) is 141 cm³/mol. The van der Waals surface area contributed by atoms with Crippen LogP contribution in [0.2, 0.25) is 0 Å². The van der Waals surface area contributed by atoms with Gasteiger partial charge in [-0.3, -0.25) is 9.48 Å². The Morgan fingerprint density at radius 2 is 1.73 bits per heavy atom. The molecule has 1 amide bonds. The number of benzene rings is 2. The molecule has 3 heterocycles. The average Bonchev–Trinajstić information content (AvgIpc) is 3.29. The lowest BCUT2D eigenvalue weighted by Crippen LogP contribution is -2.15. The number of hydrogen-bond acceptors (Lipinski definition) is 7. The van der Waals surface area contributed by atoms with Crippen molar-refractivity contribution in [2.24, 2.45) is 0 Å². The number of aromatic nitrogens is 5. The van der Waals surface area contributed by atoms with E-state index in [1.54, 1.807) is 18.3 Å². The molecule has 5 aromatic rings. The number of nitrogens with one attached hydrogen (secondary N) is 2. The lowest BCUT2D eigenvalue weighted by Gasteiger charge is -2.11. The third-order valence-corrected chi connectivity index (χ3v) is 7.20. The smallest absolute Gasteiger partial charge is 0.264 e. The van der Waals surface area contributed by atoms with Gasteiger partial charge in [0.2, 0.25) is 5.95 Å². The number of nitrogens with zero attached hydrogens (tertiary/aromatic N) is 5. The van der Waals surface area contributed by atoms with Crippen LogP contribution in [-0.2, 0) is 16.6 Å². The molecule has 10 nitrogen and oxygen atoms in total. The van der Waals surface area contributed by atoms with Crippen LogP contribution in [0.4, 0.5) is 11.6 Å². The van der Waals surface area contributed by atoms with Crippen molar-refractivity contribution in [3.05, 3.63) is 90.5 Å². The maximum atomic E-state index is 13.4. The van der Waals surface area contributed by atoms with Crippen LogP contribution in [0.15, 0.2) is 84.1 Å². The maximum absolute atomic E-state index is 13.4. The molecular formula is C26H23N7O3S. The monoisotopic (exact) mass is 513 g/mol. The molecule has 0 aliphatic carbocycles. The quantitative estimate of drug-likeness (QED) is 0.332. The van der Waals surface area contributed by atoms with E-state index >= 15 is 0 Å². The lowest BCUT2D eigenvalue weighted by molar-refractivity contribution is 0.102. The Kier molecular flexibility index (Phi) is 6.36.